The Morgan fingerprint density at radius 3 is 2.62 bits per heavy atom. The van der Waals surface area contributed by atoms with Crippen molar-refractivity contribution in [2.45, 2.75) is 19.8 Å². The molecule has 2 aliphatic heterocycles. The van der Waals surface area contributed by atoms with Crippen LogP contribution in [-0.4, -0.2) is 48.5 Å². The number of nitrogens with zero attached hydrogens (tertiary/aromatic N) is 1. The highest BCUT2D eigenvalue weighted by atomic mass is 35.5. The van der Waals surface area contributed by atoms with Gasteiger partial charge >= 0.3 is 0 Å². The third-order valence-corrected chi connectivity index (χ3v) is 4.35. The van der Waals surface area contributed by atoms with Crippen molar-refractivity contribution in [1.29, 1.82) is 0 Å². The minimum atomic E-state index is -0.139. The normalized spacial score (nSPS) is 30.7. The van der Waals surface area contributed by atoms with Crippen LogP contribution in [0.3, 0.4) is 0 Å². The zero-order chi connectivity index (χ0) is 10.7. The first-order valence-electron chi connectivity index (χ1n) is 5.80. The van der Waals surface area contributed by atoms with Gasteiger partial charge in [0, 0.05) is 31.1 Å². The lowest BCUT2D eigenvalue weighted by molar-refractivity contribution is -0.141. The van der Waals surface area contributed by atoms with Crippen LogP contribution in [-0.2, 0) is 4.79 Å². The van der Waals surface area contributed by atoms with Crippen LogP contribution < -0.4 is 5.32 Å². The fourth-order valence-corrected chi connectivity index (χ4v) is 3.29. The summed E-state index contributed by atoms with van der Waals surface area (Å²) in [7, 11) is 0. The highest BCUT2D eigenvalue weighted by Crippen LogP contribution is 2.28. The van der Waals surface area contributed by atoms with Crippen molar-refractivity contribution >= 4 is 30.1 Å². The predicted octanol–water partition coefficient (Wildman–Crippen LogP) is 1.37. The first kappa shape index (κ1) is 14.1. The predicted molar refractivity (Wildman–Crippen MR) is 71.4 cm³/mol. The second-order valence-electron chi connectivity index (χ2n) is 4.75. The van der Waals surface area contributed by atoms with Crippen molar-refractivity contribution in [2.24, 2.45) is 5.41 Å². The van der Waals surface area contributed by atoms with E-state index in [9.17, 15) is 4.79 Å². The van der Waals surface area contributed by atoms with Gasteiger partial charge in [0.2, 0.25) is 5.91 Å². The van der Waals surface area contributed by atoms with Gasteiger partial charge in [-0.1, -0.05) is 0 Å². The van der Waals surface area contributed by atoms with E-state index in [1.165, 1.54) is 0 Å². The van der Waals surface area contributed by atoms with Crippen LogP contribution in [0.15, 0.2) is 0 Å². The number of carbonyl (C=O) groups is 1. The second-order valence-corrected chi connectivity index (χ2v) is 5.97. The molecule has 94 valence electrons. The Hall–Kier alpha value is 0.0700. The highest BCUT2D eigenvalue weighted by molar-refractivity contribution is 7.99. The van der Waals surface area contributed by atoms with Gasteiger partial charge in [0.25, 0.3) is 0 Å². The Morgan fingerprint density at radius 2 is 2.06 bits per heavy atom. The average molecular weight is 265 g/mol. The van der Waals surface area contributed by atoms with E-state index in [2.05, 4.69) is 17.1 Å². The molecule has 2 aliphatic rings. The second kappa shape index (κ2) is 6.12. The van der Waals surface area contributed by atoms with Crippen molar-refractivity contribution in [3.8, 4) is 0 Å². The molecule has 1 amide bonds. The molecule has 2 heterocycles. The van der Waals surface area contributed by atoms with Crippen molar-refractivity contribution in [1.82, 2.24) is 10.2 Å². The smallest absolute Gasteiger partial charge is 0.229 e. The van der Waals surface area contributed by atoms with Gasteiger partial charge < -0.3 is 10.2 Å². The average Bonchev–Trinajstić information content (AvgIpc) is 2.30. The number of hydrogen-bond donors (Lipinski definition) is 1. The molecular weight excluding hydrogens is 244 g/mol. The molecule has 0 aromatic rings. The summed E-state index contributed by atoms with van der Waals surface area (Å²) in [5, 5.41) is 3.34. The van der Waals surface area contributed by atoms with Gasteiger partial charge in [-0.25, -0.2) is 0 Å². The van der Waals surface area contributed by atoms with Gasteiger partial charge in [-0.05, 0) is 26.3 Å². The first-order valence-corrected chi connectivity index (χ1v) is 6.96. The molecule has 5 heteroatoms. The standard InChI is InChI=1S/C11H20N2OS.ClH/c1-11(3-2-4-12-9-11)10(14)13-5-7-15-8-6-13;/h12H,2-9H2,1H3;1H. The molecule has 0 bridgehead atoms. The maximum Gasteiger partial charge on any atom is 0.229 e. The van der Waals surface area contributed by atoms with Crippen LogP contribution in [0.25, 0.3) is 0 Å². The van der Waals surface area contributed by atoms with Crippen molar-refractivity contribution in [3.05, 3.63) is 0 Å². The van der Waals surface area contributed by atoms with Gasteiger partial charge in [0.1, 0.15) is 0 Å². The van der Waals surface area contributed by atoms with Crippen molar-refractivity contribution in [2.75, 3.05) is 37.7 Å². The Kier molecular flexibility index (Phi) is 5.41. The quantitative estimate of drug-likeness (QED) is 0.777. The zero-order valence-corrected chi connectivity index (χ0v) is 11.5. The number of amides is 1. The molecule has 0 saturated carbocycles. The number of halogens is 1. The van der Waals surface area contributed by atoms with Crippen molar-refractivity contribution < 1.29 is 4.79 Å². The van der Waals surface area contributed by atoms with E-state index in [1.54, 1.807) is 0 Å². The summed E-state index contributed by atoms with van der Waals surface area (Å²) in [6.45, 7) is 5.93. The van der Waals surface area contributed by atoms with Crippen LogP contribution in [0.5, 0.6) is 0 Å². The molecule has 1 N–H and O–H groups in total. The first-order chi connectivity index (χ1) is 7.22. The SMILES string of the molecule is CC1(C(=O)N2CCSCC2)CCCNC1.Cl. The molecule has 0 spiro atoms. The van der Waals surface area contributed by atoms with Gasteiger partial charge in [0.05, 0.1) is 5.41 Å². The lowest BCUT2D eigenvalue weighted by Crippen LogP contribution is -2.52. The Bertz CT molecular complexity index is 238. The van der Waals surface area contributed by atoms with Gasteiger partial charge in [-0.15, -0.1) is 12.4 Å². The number of hydrogen-bond acceptors (Lipinski definition) is 3. The van der Waals surface area contributed by atoms with Crippen LogP contribution in [0.2, 0.25) is 0 Å². The number of rotatable bonds is 1. The van der Waals surface area contributed by atoms with Crippen LogP contribution in [0, 0.1) is 5.41 Å². The van der Waals surface area contributed by atoms with E-state index in [-0.39, 0.29) is 17.8 Å². The van der Waals surface area contributed by atoms with E-state index in [1.807, 2.05) is 11.8 Å². The topological polar surface area (TPSA) is 32.3 Å². The Balaban J connectivity index is 0.00000128. The molecule has 2 saturated heterocycles. The van der Waals surface area contributed by atoms with Crippen LogP contribution in [0.1, 0.15) is 19.8 Å². The maximum atomic E-state index is 12.4. The monoisotopic (exact) mass is 264 g/mol. The summed E-state index contributed by atoms with van der Waals surface area (Å²) < 4.78 is 0. The zero-order valence-electron chi connectivity index (χ0n) is 9.83. The number of thioether (sulfide) groups is 1. The molecular formula is C11H21ClN2OS. The number of carbonyl (C=O) groups excluding carboxylic acids is 1. The molecule has 2 fully saturated rings. The highest BCUT2D eigenvalue weighted by Gasteiger charge is 2.37. The number of nitrogens with one attached hydrogen (secondary N) is 1. The van der Waals surface area contributed by atoms with E-state index in [0.29, 0.717) is 5.91 Å². The Labute approximate surface area is 108 Å². The molecule has 1 unspecified atom stereocenters. The summed E-state index contributed by atoms with van der Waals surface area (Å²) in [6.07, 6.45) is 2.17. The van der Waals surface area contributed by atoms with E-state index < -0.39 is 0 Å². The molecule has 3 nitrogen and oxygen atoms in total. The summed E-state index contributed by atoms with van der Waals surface area (Å²) in [5.74, 6) is 2.58. The third-order valence-electron chi connectivity index (χ3n) is 3.41. The summed E-state index contributed by atoms with van der Waals surface area (Å²) in [4.78, 5) is 14.4. The largest absolute Gasteiger partial charge is 0.341 e. The molecule has 0 aromatic carbocycles. The molecule has 1 atom stereocenters. The van der Waals surface area contributed by atoms with E-state index in [0.717, 1.165) is 50.5 Å². The minimum Gasteiger partial charge on any atom is -0.341 e. The van der Waals surface area contributed by atoms with E-state index in [4.69, 9.17) is 0 Å². The van der Waals surface area contributed by atoms with Gasteiger partial charge in [-0.3, -0.25) is 4.79 Å². The summed E-state index contributed by atoms with van der Waals surface area (Å²) in [6, 6.07) is 0. The lowest BCUT2D eigenvalue weighted by Gasteiger charge is -2.38. The molecule has 0 radical (unpaired) electrons. The maximum absolute atomic E-state index is 12.4. The Morgan fingerprint density at radius 1 is 1.38 bits per heavy atom. The van der Waals surface area contributed by atoms with Crippen LogP contribution in [0.4, 0.5) is 0 Å². The fraction of sp³-hybridized carbons (Fsp3) is 0.909. The lowest BCUT2D eigenvalue weighted by atomic mass is 9.81. The van der Waals surface area contributed by atoms with Gasteiger partial charge in [-0.2, -0.15) is 11.8 Å². The minimum absolute atomic E-state index is 0. The van der Waals surface area contributed by atoms with Gasteiger partial charge in [0.15, 0.2) is 0 Å². The molecule has 0 aromatic heterocycles. The molecule has 16 heavy (non-hydrogen) atoms. The molecule has 0 aliphatic carbocycles. The van der Waals surface area contributed by atoms with E-state index >= 15 is 0 Å². The number of piperidine rings is 1. The summed E-state index contributed by atoms with van der Waals surface area (Å²) >= 11 is 1.95. The van der Waals surface area contributed by atoms with Crippen molar-refractivity contribution in [3.63, 3.8) is 0 Å². The molecule has 2 rings (SSSR count). The van der Waals surface area contributed by atoms with Crippen LogP contribution >= 0.6 is 24.2 Å². The summed E-state index contributed by atoms with van der Waals surface area (Å²) in [5.41, 5.74) is -0.139. The fourth-order valence-electron chi connectivity index (χ4n) is 2.39. The third kappa shape index (κ3) is 3.05.